The van der Waals surface area contributed by atoms with Crippen LogP contribution in [0, 0.1) is 0 Å². The predicted molar refractivity (Wildman–Crippen MR) is 99.6 cm³/mol. The third-order valence-electron chi connectivity index (χ3n) is 3.40. The van der Waals surface area contributed by atoms with Crippen LogP contribution in [-0.2, 0) is 16.3 Å². The smallest absolute Gasteiger partial charge is 0.178 e. The second-order valence-electron chi connectivity index (χ2n) is 5.20. The molecule has 0 aromatic heterocycles. The van der Waals surface area contributed by atoms with Crippen LogP contribution in [0.1, 0.15) is 5.56 Å². The van der Waals surface area contributed by atoms with Crippen molar-refractivity contribution in [1.82, 2.24) is 0 Å². The fraction of sp³-hybridized carbons (Fsp3) is 0.222. The van der Waals surface area contributed by atoms with Crippen molar-refractivity contribution in [3.05, 3.63) is 72.1 Å². The molecule has 0 fully saturated rings. The highest BCUT2D eigenvalue weighted by molar-refractivity contribution is 7.91. The molecule has 0 amide bonds. The highest BCUT2D eigenvalue weighted by atomic mass is 35.5. The molecule has 0 unspecified atom stereocenters. The van der Waals surface area contributed by atoms with Gasteiger partial charge in [-0.2, -0.15) is 0 Å². The average Bonchev–Trinajstić information content (AvgIpc) is 2.60. The lowest BCUT2D eigenvalue weighted by Crippen LogP contribution is -2.09. The van der Waals surface area contributed by atoms with Gasteiger partial charge in [0.25, 0.3) is 0 Å². The van der Waals surface area contributed by atoms with Crippen LogP contribution in [0.4, 0.5) is 4.39 Å². The van der Waals surface area contributed by atoms with E-state index in [4.69, 9.17) is 10.5 Å². The molecule has 0 aliphatic rings. The molecule has 136 valence electrons. The zero-order chi connectivity index (χ0) is 17.4. The van der Waals surface area contributed by atoms with E-state index in [0.717, 1.165) is 5.56 Å². The van der Waals surface area contributed by atoms with Crippen molar-refractivity contribution in [3.63, 3.8) is 0 Å². The molecule has 0 atom stereocenters. The Balaban J connectivity index is 0.00000312. The number of ether oxygens (including phenoxy) is 1. The van der Waals surface area contributed by atoms with Crippen molar-refractivity contribution in [2.45, 2.75) is 11.3 Å². The molecule has 0 aliphatic heterocycles. The van der Waals surface area contributed by atoms with Gasteiger partial charge in [0.15, 0.2) is 9.84 Å². The van der Waals surface area contributed by atoms with Gasteiger partial charge in [0, 0.05) is 6.54 Å². The van der Waals surface area contributed by atoms with Gasteiger partial charge in [-0.25, -0.2) is 12.8 Å². The van der Waals surface area contributed by atoms with Crippen molar-refractivity contribution in [2.75, 3.05) is 18.9 Å². The van der Waals surface area contributed by atoms with Gasteiger partial charge in [-0.1, -0.05) is 30.3 Å². The van der Waals surface area contributed by atoms with E-state index in [2.05, 4.69) is 0 Å². The first-order valence-corrected chi connectivity index (χ1v) is 9.20. The molecular formula is C18H21ClFNO3S. The Morgan fingerprint density at radius 3 is 2.32 bits per heavy atom. The Labute approximate surface area is 153 Å². The SMILES string of the molecule is Cl.NC/C=C(\F)COc1ccc(S(=O)(=O)CCc2ccccc2)cc1. The topological polar surface area (TPSA) is 69.4 Å². The van der Waals surface area contributed by atoms with Gasteiger partial charge < -0.3 is 10.5 Å². The summed E-state index contributed by atoms with van der Waals surface area (Å²) in [5, 5.41) is 0. The number of aryl methyl sites for hydroxylation is 1. The average molecular weight is 386 g/mol. The molecule has 2 aromatic rings. The van der Waals surface area contributed by atoms with Gasteiger partial charge in [-0.3, -0.25) is 0 Å². The molecule has 0 saturated heterocycles. The summed E-state index contributed by atoms with van der Waals surface area (Å²) in [5.41, 5.74) is 6.17. The molecule has 0 heterocycles. The number of nitrogens with two attached hydrogens (primary N) is 1. The zero-order valence-corrected chi connectivity index (χ0v) is 15.2. The van der Waals surface area contributed by atoms with Crippen LogP contribution in [0.3, 0.4) is 0 Å². The van der Waals surface area contributed by atoms with E-state index in [-0.39, 0.29) is 36.2 Å². The van der Waals surface area contributed by atoms with Crippen LogP contribution in [0.2, 0.25) is 0 Å². The number of sulfone groups is 1. The van der Waals surface area contributed by atoms with Crippen molar-refractivity contribution < 1.29 is 17.5 Å². The summed E-state index contributed by atoms with van der Waals surface area (Å²) in [4.78, 5) is 0.226. The van der Waals surface area contributed by atoms with Crippen LogP contribution in [0.5, 0.6) is 5.75 Å². The first kappa shape index (κ1) is 21.2. The monoisotopic (exact) mass is 385 g/mol. The quantitative estimate of drug-likeness (QED) is 0.756. The number of hydrogen-bond donors (Lipinski definition) is 1. The fourth-order valence-corrected chi connectivity index (χ4v) is 3.39. The Hall–Kier alpha value is -1.89. The maximum absolute atomic E-state index is 13.2. The van der Waals surface area contributed by atoms with Crippen LogP contribution in [0.15, 0.2) is 71.4 Å². The normalized spacial score (nSPS) is 11.7. The van der Waals surface area contributed by atoms with E-state index in [1.165, 1.54) is 30.3 Å². The van der Waals surface area contributed by atoms with Crippen molar-refractivity contribution >= 4 is 22.2 Å². The molecule has 2 rings (SSSR count). The summed E-state index contributed by atoms with van der Waals surface area (Å²) in [6.45, 7) is -0.120. The minimum absolute atomic E-state index is 0. The van der Waals surface area contributed by atoms with Crippen LogP contribution >= 0.6 is 12.4 Å². The molecule has 25 heavy (non-hydrogen) atoms. The Bertz CT molecular complexity index is 778. The fourth-order valence-electron chi connectivity index (χ4n) is 2.10. The minimum Gasteiger partial charge on any atom is -0.487 e. The van der Waals surface area contributed by atoms with E-state index < -0.39 is 15.7 Å². The summed E-state index contributed by atoms with van der Waals surface area (Å²) in [6.07, 6.45) is 1.68. The van der Waals surface area contributed by atoms with Gasteiger partial charge >= 0.3 is 0 Å². The highest BCUT2D eigenvalue weighted by Gasteiger charge is 2.14. The van der Waals surface area contributed by atoms with E-state index in [0.29, 0.717) is 12.2 Å². The summed E-state index contributed by atoms with van der Waals surface area (Å²) < 4.78 is 43.1. The molecule has 0 radical (unpaired) electrons. The van der Waals surface area contributed by atoms with Gasteiger partial charge in [0.05, 0.1) is 10.6 Å². The summed E-state index contributed by atoms with van der Waals surface area (Å²) >= 11 is 0. The third-order valence-corrected chi connectivity index (χ3v) is 5.13. The summed E-state index contributed by atoms with van der Waals surface area (Å²) in [6, 6.07) is 15.4. The molecule has 0 saturated carbocycles. The van der Waals surface area contributed by atoms with Gasteiger partial charge in [-0.05, 0) is 42.3 Å². The molecule has 2 aromatic carbocycles. The lowest BCUT2D eigenvalue weighted by molar-refractivity contribution is 0.318. The number of hydrogen-bond acceptors (Lipinski definition) is 4. The number of benzene rings is 2. The maximum atomic E-state index is 13.2. The van der Waals surface area contributed by atoms with Crippen LogP contribution in [0.25, 0.3) is 0 Å². The van der Waals surface area contributed by atoms with E-state index in [1.54, 1.807) is 0 Å². The molecule has 0 bridgehead atoms. The molecule has 2 N–H and O–H groups in total. The largest absolute Gasteiger partial charge is 0.487 e. The maximum Gasteiger partial charge on any atom is 0.178 e. The zero-order valence-electron chi connectivity index (χ0n) is 13.6. The minimum atomic E-state index is -3.37. The van der Waals surface area contributed by atoms with E-state index in [9.17, 15) is 12.8 Å². The molecular weight excluding hydrogens is 365 g/mol. The van der Waals surface area contributed by atoms with E-state index in [1.807, 2.05) is 30.3 Å². The summed E-state index contributed by atoms with van der Waals surface area (Å²) in [5.74, 6) is -0.0277. The van der Waals surface area contributed by atoms with Crippen molar-refractivity contribution in [2.24, 2.45) is 5.73 Å². The first-order chi connectivity index (χ1) is 11.5. The molecule has 0 aliphatic carbocycles. The Morgan fingerprint density at radius 2 is 1.72 bits per heavy atom. The van der Waals surface area contributed by atoms with Crippen molar-refractivity contribution in [1.29, 1.82) is 0 Å². The lowest BCUT2D eigenvalue weighted by Gasteiger charge is -2.07. The Morgan fingerprint density at radius 1 is 1.08 bits per heavy atom. The van der Waals surface area contributed by atoms with E-state index >= 15 is 0 Å². The van der Waals surface area contributed by atoms with Gasteiger partial charge in [-0.15, -0.1) is 12.4 Å². The Kier molecular flexibility index (Phi) is 8.61. The lowest BCUT2D eigenvalue weighted by atomic mass is 10.2. The summed E-state index contributed by atoms with van der Waals surface area (Å²) in [7, 11) is -3.37. The van der Waals surface area contributed by atoms with Gasteiger partial charge in [0.2, 0.25) is 0 Å². The van der Waals surface area contributed by atoms with Crippen LogP contribution < -0.4 is 10.5 Å². The molecule has 4 nitrogen and oxygen atoms in total. The number of halogens is 2. The standard InChI is InChI=1S/C18H20FNO3S.ClH/c19-16(10-12-20)14-23-17-6-8-18(9-7-17)24(21,22)13-11-15-4-2-1-3-5-15;/h1-10H,11-14,20H2;1H/b16-10-;. The van der Waals surface area contributed by atoms with Crippen LogP contribution in [-0.4, -0.2) is 27.3 Å². The number of rotatable bonds is 8. The molecule has 7 heteroatoms. The second kappa shape index (κ2) is 10.2. The second-order valence-corrected chi connectivity index (χ2v) is 7.31. The predicted octanol–water partition coefficient (Wildman–Crippen LogP) is 3.32. The molecule has 0 spiro atoms. The third kappa shape index (κ3) is 6.86. The first-order valence-electron chi connectivity index (χ1n) is 7.55. The van der Waals surface area contributed by atoms with Crippen molar-refractivity contribution in [3.8, 4) is 5.75 Å². The highest BCUT2D eigenvalue weighted by Crippen LogP contribution is 2.18. The van der Waals surface area contributed by atoms with Gasteiger partial charge in [0.1, 0.15) is 18.2 Å².